The Morgan fingerprint density at radius 3 is 1.78 bits per heavy atom. The quantitative estimate of drug-likeness (QED) is 0.0146. The van der Waals surface area contributed by atoms with Gasteiger partial charge in [-0.15, -0.1) is 34.7 Å². The normalized spacial score (nSPS) is 14.8. The Hall–Kier alpha value is -9.62. The number of β-lactam (4-membered cyclic amide) rings is 1. The van der Waals surface area contributed by atoms with E-state index in [1.54, 1.807) is 56.0 Å². The Kier molecular flexibility index (Phi) is 18.2. The summed E-state index contributed by atoms with van der Waals surface area (Å²) < 4.78 is 23.9. The number of hydrogen-bond donors (Lipinski definition) is 2. The Morgan fingerprint density at radius 2 is 1.24 bits per heavy atom. The van der Waals surface area contributed by atoms with Gasteiger partial charge in [-0.05, 0) is 68.8 Å². The number of alkyl halides is 1. The number of halogens is 1. The smallest absolute Gasteiger partial charge is 0.355 e. The highest BCUT2D eigenvalue weighted by molar-refractivity contribution is 8.00. The minimum absolute atomic E-state index is 0.00504. The molecule has 16 nitrogen and oxygen atoms in total. The number of nitrogens with one attached hydrogen (secondary N) is 2. The largest absolute Gasteiger partial charge is 0.497 e. The zero-order chi connectivity index (χ0) is 59.4. The number of carbonyl (C=O) groups is 3. The highest BCUT2D eigenvalue weighted by Crippen LogP contribution is 2.43. The van der Waals surface area contributed by atoms with Gasteiger partial charge < -0.3 is 39.3 Å². The number of rotatable bonds is 24. The lowest BCUT2D eigenvalue weighted by molar-refractivity contribution is -0.153. The van der Waals surface area contributed by atoms with Gasteiger partial charge in [0.05, 0.1) is 20.4 Å². The number of thiazole rings is 1. The SMILES string of the molecule is COc1ccc(COC(=O)C2=C(CCl)CS[C@@H]3[C@H](NC(=O)/C(=N\OCc4cc(=O)c(OCc5ccc(OC)cc5)cn4OC(c4ccccc4)c4ccccc4)c4csc(NC(c5ccccc5)(c5ccccc5)c5ccccc5)n4)C(=O)N23)cc1. The van der Waals surface area contributed by atoms with Gasteiger partial charge in [0.25, 0.3) is 11.8 Å². The molecule has 0 unspecified atom stereocenters. The molecule has 0 bridgehead atoms. The fraction of sp³-hybridized carbons (Fsp3) is 0.164. The van der Waals surface area contributed by atoms with Crippen LogP contribution in [-0.2, 0) is 49.3 Å². The van der Waals surface area contributed by atoms with Gasteiger partial charge in [0.1, 0.15) is 58.8 Å². The Labute approximate surface area is 509 Å². The number of benzene rings is 7. The number of anilines is 1. The van der Waals surface area contributed by atoms with Crippen molar-refractivity contribution in [1.29, 1.82) is 0 Å². The Balaban J connectivity index is 0.933. The molecule has 9 aromatic rings. The molecular formula is C67H57ClN6O10S2. The highest BCUT2D eigenvalue weighted by atomic mass is 35.5. The predicted octanol–water partition coefficient (Wildman–Crippen LogP) is 11.1. The number of esters is 1. The van der Waals surface area contributed by atoms with E-state index in [2.05, 4.69) is 15.8 Å². The van der Waals surface area contributed by atoms with Crippen molar-refractivity contribution >= 4 is 63.3 Å². The average molecular weight is 1210 g/mol. The minimum Gasteiger partial charge on any atom is -0.497 e. The summed E-state index contributed by atoms with van der Waals surface area (Å²) in [6, 6.07) is 63.8. The number of nitrogens with zero attached hydrogens (tertiary/aromatic N) is 4. The number of hydrogen-bond acceptors (Lipinski definition) is 15. The molecule has 2 atom stereocenters. The van der Waals surface area contributed by atoms with E-state index < -0.39 is 52.9 Å². The van der Waals surface area contributed by atoms with Crippen LogP contribution >= 0.6 is 34.7 Å². The van der Waals surface area contributed by atoms with Gasteiger partial charge in [0, 0.05) is 23.1 Å². The summed E-state index contributed by atoms with van der Waals surface area (Å²) in [5, 5.41) is 12.5. The van der Waals surface area contributed by atoms with Gasteiger partial charge in [0.2, 0.25) is 5.43 Å². The molecule has 0 saturated carbocycles. The van der Waals surface area contributed by atoms with Crippen LogP contribution in [0.15, 0.2) is 239 Å². The molecule has 2 aliphatic heterocycles. The van der Waals surface area contributed by atoms with Crippen molar-refractivity contribution in [2.75, 3.05) is 31.2 Å². The number of carbonyl (C=O) groups excluding carboxylic acids is 3. The first-order chi connectivity index (χ1) is 42.1. The Bertz CT molecular complexity index is 3800. The number of aromatic nitrogens is 2. The number of oxime groups is 1. The van der Waals surface area contributed by atoms with Crippen molar-refractivity contribution in [3.05, 3.63) is 290 Å². The van der Waals surface area contributed by atoms with Crippen LogP contribution in [0.3, 0.4) is 0 Å². The molecule has 19 heteroatoms. The maximum atomic E-state index is 15.1. The van der Waals surface area contributed by atoms with Gasteiger partial charge in [-0.3, -0.25) is 19.3 Å². The summed E-state index contributed by atoms with van der Waals surface area (Å²) in [6.07, 6.45) is 0.776. The monoisotopic (exact) mass is 1200 g/mol. The first-order valence-electron chi connectivity index (χ1n) is 27.4. The van der Waals surface area contributed by atoms with Crippen molar-refractivity contribution in [3.63, 3.8) is 0 Å². The molecule has 2 aliphatic rings. The molecule has 1 fully saturated rings. The van der Waals surface area contributed by atoms with Crippen LogP contribution in [-0.4, -0.2) is 75.4 Å². The van der Waals surface area contributed by atoms with E-state index >= 15 is 4.79 Å². The third-order valence-electron chi connectivity index (χ3n) is 14.5. The topological polar surface area (TPSA) is 181 Å². The zero-order valence-corrected chi connectivity index (χ0v) is 49.0. The van der Waals surface area contributed by atoms with E-state index in [0.29, 0.717) is 33.5 Å². The minimum atomic E-state index is -1.12. The van der Waals surface area contributed by atoms with Crippen LogP contribution < -0.4 is 35.1 Å². The fourth-order valence-corrected chi connectivity index (χ4v) is 12.5. The number of pyridine rings is 1. The van der Waals surface area contributed by atoms with Crippen LogP contribution in [0.25, 0.3) is 0 Å². The number of amides is 2. The molecule has 434 valence electrons. The summed E-state index contributed by atoms with van der Waals surface area (Å²) in [4.78, 5) is 76.7. The average Bonchev–Trinajstić information content (AvgIpc) is 3.41. The van der Waals surface area contributed by atoms with E-state index in [4.69, 9.17) is 45.2 Å². The summed E-state index contributed by atoms with van der Waals surface area (Å²) in [6.45, 7) is -0.411. The second-order valence-electron chi connectivity index (χ2n) is 19.9. The van der Waals surface area contributed by atoms with Crippen molar-refractivity contribution in [3.8, 4) is 17.2 Å². The van der Waals surface area contributed by atoms with Crippen molar-refractivity contribution in [2.45, 2.75) is 42.9 Å². The molecule has 0 spiro atoms. The molecule has 0 aliphatic carbocycles. The lowest BCUT2D eigenvalue weighted by atomic mass is 9.77. The second kappa shape index (κ2) is 27.0. The maximum absolute atomic E-state index is 15.1. The zero-order valence-electron chi connectivity index (χ0n) is 46.6. The van der Waals surface area contributed by atoms with E-state index in [9.17, 15) is 14.4 Å². The summed E-state index contributed by atoms with van der Waals surface area (Å²) in [5.41, 5.74) is 5.02. The summed E-state index contributed by atoms with van der Waals surface area (Å²) in [5.74, 6) is -0.516. The van der Waals surface area contributed by atoms with E-state index in [0.717, 1.165) is 33.4 Å². The lowest BCUT2D eigenvalue weighted by Gasteiger charge is -2.49. The second-order valence-corrected chi connectivity index (χ2v) is 22.1. The first-order valence-corrected chi connectivity index (χ1v) is 29.8. The van der Waals surface area contributed by atoms with Crippen LogP contribution in [0.1, 0.15) is 56.4 Å². The number of methoxy groups -OCH3 is 2. The first kappa shape index (κ1) is 58.2. The summed E-state index contributed by atoms with van der Waals surface area (Å²) >= 11 is 8.98. The third kappa shape index (κ3) is 12.7. The van der Waals surface area contributed by atoms with Gasteiger partial charge in [-0.25, -0.2) is 9.78 Å². The maximum Gasteiger partial charge on any atom is 0.355 e. The van der Waals surface area contributed by atoms with Crippen molar-refractivity contribution in [2.24, 2.45) is 5.16 Å². The Morgan fingerprint density at radius 1 is 0.709 bits per heavy atom. The van der Waals surface area contributed by atoms with Gasteiger partial charge in [-0.1, -0.05) is 181 Å². The third-order valence-corrected chi connectivity index (χ3v) is 16.9. The van der Waals surface area contributed by atoms with Crippen LogP contribution in [0, 0.1) is 0 Å². The molecule has 86 heavy (non-hydrogen) atoms. The van der Waals surface area contributed by atoms with E-state index in [1.165, 1.54) is 45.0 Å². The van der Waals surface area contributed by atoms with E-state index in [1.807, 2.05) is 164 Å². The molecule has 2 amide bonds. The molecule has 2 N–H and O–H groups in total. The fourth-order valence-electron chi connectivity index (χ4n) is 10.1. The molecule has 7 aromatic carbocycles. The molecule has 1 saturated heterocycles. The van der Waals surface area contributed by atoms with Crippen LogP contribution in [0.4, 0.5) is 5.13 Å². The highest BCUT2D eigenvalue weighted by Gasteiger charge is 2.55. The van der Waals surface area contributed by atoms with Gasteiger partial charge >= 0.3 is 5.97 Å². The van der Waals surface area contributed by atoms with E-state index in [-0.39, 0.29) is 47.6 Å². The predicted molar refractivity (Wildman–Crippen MR) is 331 cm³/mol. The lowest BCUT2D eigenvalue weighted by Crippen LogP contribution is -2.71. The van der Waals surface area contributed by atoms with Crippen molar-refractivity contribution in [1.82, 2.24) is 19.9 Å². The molecule has 11 rings (SSSR count). The summed E-state index contributed by atoms with van der Waals surface area (Å²) in [7, 11) is 3.14. The van der Waals surface area contributed by atoms with Crippen LogP contribution in [0.5, 0.6) is 17.2 Å². The number of ether oxygens (including phenoxy) is 4. The van der Waals surface area contributed by atoms with Crippen molar-refractivity contribution < 1.29 is 43.0 Å². The number of thioether (sulfide) groups is 1. The molecule has 4 heterocycles. The standard InChI is InChI=1S/C67H57ClN6O10S2/c1-79-53-32-28-44(29-33-53)39-81-57-38-73(84-61(46-18-8-3-9-19-46)47-20-10-4-11-21-47)52(36-56(57)75)41-83-72-58(55-43-86-66(69-55)71-67(49-22-12-5-13-23-49,50-24-14-6-15-25-50)51-26-16-7-17-27-51)62(76)70-59-63(77)74-60(48(37-68)42-85-64(59)74)65(78)82-40-45-30-34-54(80-2)35-31-45/h3-36,38,43,59,61,64H,37,39-42H2,1-2H3,(H,69,71)(H,70,76)/b72-58-/t59-,64-/m1/s1. The van der Waals surface area contributed by atoms with Gasteiger partial charge in [-0.2, -0.15) is 4.73 Å². The van der Waals surface area contributed by atoms with Crippen LogP contribution in [0.2, 0.25) is 0 Å². The number of fused-ring (bicyclic) bond motifs is 1. The molecular weight excluding hydrogens is 1150 g/mol. The molecule has 0 radical (unpaired) electrons. The molecule has 2 aromatic heterocycles. The van der Waals surface area contributed by atoms with Gasteiger partial charge in [0.15, 0.2) is 29.3 Å².